The van der Waals surface area contributed by atoms with Crippen molar-refractivity contribution in [3.63, 3.8) is 0 Å². The number of benzene rings is 8. The Balaban J connectivity index is 1.72. The average Bonchev–Trinajstić information content (AvgIpc) is 3.27. The molecule has 0 bridgehead atoms. The van der Waals surface area contributed by atoms with Crippen molar-refractivity contribution in [2.75, 3.05) is 0 Å². The Bertz CT molecular complexity index is 2360. The zero-order valence-electron chi connectivity index (χ0n) is 30.7. The van der Waals surface area contributed by atoms with Gasteiger partial charge in [0.1, 0.15) is 0 Å². The summed E-state index contributed by atoms with van der Waals surface area (Å²) in [6, 6.07) is 89.8. The number of hydrogen-bond acceptors (Lipinski definition) is 0. The molecule has 8 aromatic rings. The van der Waals surface area contributed by atoms with Gasteiger partial charge < -0.3 is 0 Å². The Hall–Kier alpha value is -4.13. The third kappa shape index (κ3) is 7.45. The summed E-state index contributed by atoms with van der Waals surface area (Å²) in [5.41, 5.74) is 2.59. The monoisotopic (exact) mass is 846 g/mol. The molecular weight excluding hydrogens is 803 g/mol. The minimum absolute atomic E-state index is 0.982. The fourth-order valence-electron chi connectivity index (χ4n) is 7.40. The predicted octanol–water partition coefficient (Wildman–Crippen LogP) is 10.7. The third-order valence-corrected chi connectivity index (χ3v) is 40.5. The van der Waals surface area contributed by atoms with Crippen LogP contribution < -0.4 is 37.1 Å². The molecule has 0 saturated carbocycles. The molecule has 0 aliphatic heterocycles. The van der Waals surface area contributed by atoms with Crippen molar-refractivity contribution in [3.8, 4) is 0 Å². The molecule has 0 fully saturated rings. The molecule has 0 N–H and O–H groups in total. The molecule has 0 radical (unpaired) electrons. The van der Waals surface area contributed by atoms with Crippen LogP contribution in [0.4, 0.5) is 0 Å². The average molecular weight is 846 g/mol. The summed E-state index contributed by atoms with van der Waals surface area (Å²) in [5, 5.41) is 8.88. The van der Waals surface area contributed by atoms with Gasteiger partial charge in [0.2, 0.25) is 0 Å². The molecule has 0 saturated heterocycles. The molecule has 8 aromatic carbocycles. The van der Waals surface area contributed by atoms with E-state index in [1.54, 1.807) is 5.03 Å². The van der Waals surface area contributed by atoms with E-state index in [0.717, 1.165) is 0 Å². The van der Waals surface area contributed by atoms with Crippen LogP contribution in [-0.4, -0.2) is 20.1 Å². The number of hydrogen-bond donors (Lipinski definition) is 0. The van der Waals surface area contributed by atoms with E-state index in [2.05, 4.69) is 259 Å². The second kappa shape index (κ2) is 17.3. The number of rotatable bonds is 11. The van der Waals surface area contributed by atoms with Crippen molar-refractivity contribution >= 4 is 84.3 Å². The van der Waals surface area contributed by atoms with Crippen LogP contribution in [0, 0.1) is 6.92 Å². The first-order valence-electron chi connectivity index (χ1n) is 18.5. The molecule has 1 atom stereocenters. The summed E-state index contributed by atoms with van der Waals surface area (Å²) in [4.78, 5) is 0. The van der Waals surface area contributed by atoms with Crippen LogP contribution in [0.5, 0.6) is 0 Å². The SMILES string of the molecule is Cc1ccc(C(P(P(c2ccccc2)c2ccccc2)P(=[Se])(c2ccccc2)c2ccccc2)=P(c2ccccc2)(c2ccccc2)c2ccccc2)cc1. The topological polar surface area (TPSA) is 0 Å². The van der Waals surface area contributed by atoms with Gasteiger partial charge in [0.05, 0.1) is 0 Å². The quantitative estimate of drug-likeness (QED) is 0.0899. The second-order valence-corrected chi connectivity index (χ2v) is 33.6. The van der Waals surface area contributed by atoms with Gasteiger partial charge in [-0.2, -0.15) is 0 Å². The first-order valence-corrected chi connectivity index (χ1v) is 28.4. The number of aryl methyl sites for hydroxylation is 1. The van der Waals surface area contributed by atoms with Gasteiger partial charge in [0, 0.05) is 0 Å². The summed E-state index contributed by atoms with van der Waals surface area (Å²) < 4.78 is 0. The van der Waals surface area contributed by atoms with E-state index in [4.69, 9.17) is 0 Å². The summed E-state index contributed by atoms with van der Waals surface area (Å²) >= 11 is 4.18. The van der Waals surface area contributed by atoms with Crippen LogP contribution in [0.2, 0.25) is 0 Å². The maximum atomic E-state index is 4.18. The molecule has 8 rings (SSSR count). The van der Waals surface area contributed by atoms with Gasteiger partial charge >= 0.3 is 339 Å². The Kier molecular flexibility index (Phi) is 11.9. The molecule has 0 aromatic heterocycles. The maximum absolute atomic E-state index is 4.18. The van der Waals surface area contributed by atoms with Crippen molar-refractivity contribution in [1.82, 2.24) is 0 Å². The second-order valence-electron chi connectivity index (χ2n) is 13.4. The van der Waals surface area contributed by atoms with Crippen molar-refractivity contribution in [2.24, 2.45) is 0 Å². The Morgan fingerprint density at radius 2 is 0.655 bits per heavy atom. The molecular formula is C50H42P4Se. The molecule has 0 aliphatic rings. The van der Waals surface area contributed by atoms with Gasteiger partial charge in [-0.05, 0) is 0 Å². The summed E-state index contributed by atoms with van der Waals surface area (Å²) in [6.07, 6.45) is 0. The van der Waals surface area contributed by atoms with Crippen LogP contribution in [0.1, 0.15) is 11.1 Å². The molecule has 1 unspecified atom stereocenters. The molecule has 0 nitrogen and oxygen atoms in total. The van der Waals surface area contributed by atoms with E-state index in [0.29, 0.717) is 0 Å². The van der Waals surface area contributed by atoms with Gasteiger partial charge in [0.15, 0.2) is 0 Å². The molecule has 55 heavy (non-hydrogen) atoms. The molecule has 5 heteroatoms. The van der Waals surface area contributed by atoms with Crippen LogP contribution in [0.3, 0.4) is 0 Å². The summed E-state index contributed by atoms with van der Waals surface area (Å²) in [6.45, 7) is -0.411. The summed E-state index contributed by atoms with van der Waals surface area (Å²) in [7, 11) is -2.08. The Morgan fingerprint density at radius 3 is 0.982 bits per heavy atom. The van der Waals surface area contributed by atoms with Crippen molar-refractivity contribution < 1.29 is 0 Å². The van der Waals surface area contributed by atoms with E-state index in [1.165, 1.54) is 48.3 Å². The van der Waals surface area contributed by atoms with E-state index in [-0.39, 0.29) is 0 Å². The third-order valence-electron chi connectivity index (χ3n) is 9.92. The van der Waals surface area contributed by atoms with E-state index >= 15 is 0 Å². The van der Waals surface area contributed by atoms with E-state index in [1.807, 2.05) is 0 Å². The van der Waals surface area contributed by atoms with Gasteiger partial charge in [-0.25, -0.2) is 0 Å². The predicted molar refractivity (Wildman–Crippen MR) is 251 cm³/mol. The first-order chi connectivity index (χ1) is 27.1. The van der Waals surface area contributed by atoms with Gasteiger partial charge in [0.25, 0.3) is 0 Å². The van der Waals surface area contributed by atoms with Crippen molar-refractivity contribution in [3.05, 3.63) is 248 Å². The molecule has 0 heterocycles. The standard InChI is InChI=1S/C50H42P4Se/c1-41-37-39-42(40-38-41)50(53(45-27-13-4-14-28-45,46-29-15-5-16-30-46)47-31-17-6-18-32-47)52(51(43-23-9-2-10-24-43)44-25-11-3-12-26-44)54(55,48-33-19-7-20-34-48)49-35-21-8-22-36-49/h2-40H,1H3. The van der Waals surface area contributed by atoms with Crippen LogP contribution in [-0.2, 0) is 0 Å². The Labute approximate surface area is 336 Å². The molecule has 268 valence electrons. The van der Waals surface area contributed by atoms with Gasteiger partial charge in [-0.1, -0.05) is 0 Å². The van der Waals surface area contributed by atoms with Crippen molar-refractivity contribution in [1.29, 1.82) is 0 Å². The fourth-order valence-corrected chi connectivity index (χ4v) is 44.0. The molecule has 0 spiro atoms. The molecule has 0 aliphatic carbocycles. The zero-order chi connectivity index (χ0) is 37.5. The van der Waals surface area contributed by atoms with Crippen LogP contribution in [0.15, 0.2) is 237 Å². The van der Waals surface area contributed by atoms with Crippen molar-refractivity contribution in [2.45, 2.75) is 6.92 Å². The summed E-state index contributed by atoms with van der Waals surface area (Å²) in [5.74, 6) is 0. The Morgan fingerprint density at radius 1 is 0.364 bits per heavy atom. The first kappa shape index (κ1) is 37.8. The van der Waals surface area contributed by atoms with E-state index in [9.17, 15) is 0 Å². The zero-order valence-corrected chi connectivity index (χ0v) is 36.0. The fraction of sp³-hybridized carbons (Fsp3) is 0.0200. The van der Waals surface area contributed by atoms with E-state index < -0.39 is 27.0 Å². The normalized spacial score (nSPS) is 12.3. The van der Waals surface area contributed by atoms with Crippen LogP contribution in [0.25, 0.3) is 0 Å². The minimum atomic E-state index is -2.62. The molecule has 0 amide bonds. The van der Waals surface area contributed by atoms with Gasteiger partial charge in [-0.3, -0.25) is 0 Å². The van der Waals surface area contributed by atoms with Gasteiger partial charge in [-0.15, -0.1) is 0 Å². The van der Waals surface area contributed by atoms with Crippen LogP contribution >= 0.6 is 27.0 Å².